The lowest BCUT2D eigenvalue weighted by Gasteiger charge is -2.27. The summed E-state index contributed by atoms with van der Waals surface area (Å²) < 4.78 is 5.07. The standard InChI is InChI=1S/C9H9BN2O5/c11-9(13)10(14)7-4-2-1-3-6(7)8(17-10)5-12(15)16/h1,3-4,8,14H,5H2,(H2,11,13)/q-1. The van der Waals surface area contributed by atoms with E-state index in [-0.39, 0.29) is 5.46 Å². The second kappa shape index (κ2) is 3.83. The van der Waals surface area contributed by atoms with Gasteiger partial charge in [0.1, 0.15) is 11.9 Å². The zero-order valence-electron chi connectivity index (χ0n) is 8.70. The van der Waals surface area contributed by atoms with Gasteiger partial charge in [-0.15, -0.1) is 5.46 Å². The highest BCUT2D eigenvalue weighted by Gasteiger charge is 2.44. The molecular weight excluding hydrogens is 227 g/mol. The van der Waals surface area contributed by atoms with Gasteiger partial charge in [-0.1, -0.05) is 18.2 Å². The van der Waals surface area contributed by atoms with E-state index in [1.807, 2.05) is 0 Å². The van der Waals surface area contributed by atoms with Gasteiger partial charge in [0, 0.05) is 4.92 Å². The second-order valence-corrected chi connectivity index (χ2v) is 3.84. The number of rotatable bonds is 3. The zero-order valence-corrected chi connectivity index (χ0v) is 8.70. The van der Waals surface area contributed by atoms with E-state index in [1.165, 1.54) is 18.2 Å². The van der Waals surface area contributed by atoms with Crippen LogP contribution in [-0.4, -0.2) is 28.9 Å². The highest BCUT2D eigenvalue weighted by molar-refractivity contribution is 7.05. The van der Waals surface area contributed by atoms with Crippen LogP contribution < -0.4 is 11.2 Å². The highest BCUT2D eigenvalue weighted by atomic mass is 16.6. The van der Waals surface area contributed by atoms with Crippen molar-refractivity contribution in [2.24, 2.45) is 5.73 Å². The maximum absolute atomic E-state index is 11.2. The topological polar surface area (TPSA) is 116 Å². The minimum Gasteiger partial charge on any atom is -0.573 e. The number of nitro groups is 1. The molecule has 0 saturated heterocycles. The predicted octanol–water partition coefficient (Wildman–Crippen LogP) is -0.863. The number of nitrogens with zero attached hydrogens (tertiary/aromatic N) is 1. The fourth-order valence-electron chi connectivity index (χ4n) is 1.97. The molecule has 0 aliphatic carbocycles. The number of benzene rings is 1. The number of amides is 1. The maximum atomic E-state index is 11.2. The average molecular weight is 236 g/mol. The molecule has 7 nitrogen and oxygen atoms in total. The molecule has 0 bridgehead atoms. The van der Waals surface area contributed by atoms with E-state index in [0.29, 0.717) is 5.56 Å². The van der Waals surface area contributed by atoms with Gasteiger partial charge in [-0.2, -0.15) is 0 Å². The summed E-state index contributed by atoms with van der Waals surface area (Å²) in [5, 5.41) is 20.5. The third-order valence-corrected chi connectivity index (χ3v) is 2.76. The third kappa shape index (κ3) is 1.77. The molecule has 0 saturated carbocycles. The van der Waals surface area contributed by atoms with Gasteiger partial charge in [0.05, 0.1) is 0 Å². The van der Waals surface area contributed by atoms with Crippen molar-refractivity contribution in [3.63, 3.8) is 0 Å². The van der Waals surface area contributed by atoms with Gasteiger partial charge in [0.2, 0.25) is 6.54 Å². The summed E-state index contributed by atoms with van der Waals surface area (Å²) in [6.07, 6.45) is -0.966. The molecule has 3 N–H and O–H groups in total. The first kappa shape index (κ1) is 11.6. The van der Waals surface area contributed by atoms with E-state index >= 15 is 0 Å². The van der Waals surface area contributed by atoms with Crippen molar-refractivity contribution in [3.8, 4) is 0 Å². The van der Waals surface area contributed by atoms with E-state index in [2.05, 4.69) is 6.07 Å². The molecule has 17 heavy (non-hydrogen) atoms. The zero-order chi connectivity index (χ0) is 12.6. The van der Waals surface area contributed by atoms with Gasteiger partial charge in [-0.25, -0.2) is 0 Å². The fraction of sp³-hybridized carbons (Fsp3) is 0.222. The van der Waals surface area contributed by atoms with Gasteiger partial charge < -0.3 is 20.2 Å². The number of nitrogens with two attached hydrogens (primary N) is 1. The maximum Gasteiger partial charge on any atom is 0.356 e. The van der Waals surface area contributed by atoms with Crippen molar-refractivity contribution in [3.05, 3.63) is 39.9 Å². The molecule has 1 aliphatic heterocycles. The minimum atomic E-state index is -3.03. The first-order valence-corrected chi connectivity index (χ1v) is 4.92. The number of hydrogen-bond donors (Lipinski definition) is 2. The molecule has 1 amide bonds. The molecule has 0 aromatic heterocycles. The number of hydrogen-bond acceptors (Lipinski definition) is 5. The Hall–Kier alpha value is -1.93. The van der Waals surface area contributed by atoms with Crippen molar-refractivity contribution >= 4 is 17.8 Å². The predicted molar refractivity (Wildman–Crippen MR) is 58.2 cm³/mol. The monoisotopic (exact) mass is 236 g/mol. The first-order chi connectivity index (χ1) is 7.95. The van der Waals surface area contributed by atoms with Crippen LogP contribution in [0, 0.1) is 16.2 Å². The summed E-state index contributed by atoms with van der Waals surface area (Å²) in [6.45, 7) is -3.56. The number of carbonyl (C=O) groups is 1. The summed E-state index contributed by atoms with van der Waals surface area (Å²) in [5.41, 5.74) is 5.65. The van der Waals surface area contributed by atoms with Crippen LogP contribution in [0.25, 0.3) is 0 Å². The van der Waals surface area contributed by atoms with E-state index < -0.39 is 29.9 Å². The van der Waals surface area contributed by atoms with Crippen LogP contribution in [-0.2, 0) is 4.65 Å². The molecule has 8 heteroatoms. The Morgan fingerprint density at radius 2 is 2.47 bits per heavy atom. The largest absolute Gasteiger partial charge is 0.573 e. The lowest BCUT2D eigenvalue weighted by atomic mass is 9.52. The Morgan fingerprint density at radius 1 is 1.76 bits per heavy atom. The van der Waals surface area contributed by atoms with Gasteiger partial charge in [0.15, 0.2) is 0 Å². The van der Waals surface area contributed by atoms with Gasteiger partial charge in [-0.3, -0.25) is 10.1 Å². The Bertz CT molecular complexity index is 494. The molecular formula is C9H9BN2O5-. The van der Waals surface area contributed by atoms with Crippen LogP contribution in [0.5, 0.6) is 0 Å². The fourth-order valence-corrected chi connectivity index (χ4v) is 1.97. The van der Waals surface area contributed by atoms with E-state index in [0.717, 1.165) is 0 Å². The van der Waals surface area contributed by atoms with Crippen molar-refractivity contribution in [1.29, 1.82) is 0 Å². The molecule has 1 radical (unpaired) electrons. The van der Waals surface area contributed by atoms with Gasteiger partial charge >= 0.3 is 6.55 Å². The lowest BCUT2D eigenvalue weighted by molar-refractivity contribution is -0.490. The molecule has 1 aromatic rings. The van der Waals surface area contributed by atoms with Crippen molar-refractivity contribution in [1.82, 2.24) is 0 Å². The molecule has 2 unspecified atom stereocenters. The van der Waals surface area contributed by atoms with Crippen molar-refractivity contribution in [2.75, 3.05) is 6.54 Å². The van der Waals surface area contributed by atoms with Crippen LogP contribution in [0.4, 0.5) is 4.79 Å². The average Bonchev–Trinajstić information content (AvgIpc) is 2.54. The number of fused-ring (bicyclic) bond motifs is 1. The Labute approximate surface area is 96.3 Å². The van der Waals surface area contributed by atoms with E-state index in [4.69, 9.17) is 10.4 Å². The molecule has 1 aromatic carbocycles. The van der Waals surface area contributed by atoms with Crippen LogP contribution in [0.3, 0.4) is 0 Å². The number of carbonyl (C=O) groups excluding carboxylic acids is 1. The molecule has 2 rings (SSSR count). The Balaban J connectivity index is 2.46. The quantitative estimate of drug-likeness (QED) is 0.402. The van der Waals surface area contributed by atoms with Gasteiger partial charge in [-0.05, 0) is 11.6 Å². The minimum absolute atomic E-state index is 0.173. The van der Waals surface area contributed by atoms with Crippen LogP contribution in [0.2, 0.25) is 0 Å². The SMILES string of the molecule is NC(=O)[B-]1(O)OC(C[N+](=O)[O-])c2cc[c]cc21. The number of primary amides is 1. The van der Waals surface area contributed by atoms with Crippen LogP contribution in [0.15, 0.2) is 18.2 Å². The van der Waals surface area contributed by atoms with Crippen molar-refractivity contribution < 1.29 is 19.4 Å². The van der Waals surface area contributed by atoms with Crippen molar-refractivity contribution in [2.45, 2.75) is 6.10 Å². The summed E-state index contributed by atoms with van der Waals surface area (Å²) >= 11 is 0. The normalized spacial score (nSPS) is 26.5. The van der Waals surface area contributed by atoms with Gasteiger partial charge in [0.25, 0.3) is 0 Å². The molecule has 1 heterocycles. The summed E-state index contributed by atoms with van der Waals surface area (Å²) in [4.78, 5) is 21.1. The Morgan fingerprint density at radius 3 is 3.06 bits per heavy atom. The lowest BCUT2D eigenvalue weighted by Crippen LogP contribution is -2.58. The van der Waals surface area contributed by atoms with Crippen LogP contribution in [0.1, 0.15) is 11.7 Å². The molecule has 89 valence electrons. The highest BCUT2D eigenvalue weighted by Crippen LogP contribution is 2.28. The summed E-state index contributed by atoms with van der Waals surface area (Å²) in [5.74, 6) is -1.04. The Kier molecular flexibility index (Phi) is 2.60. The van der Waals surface area contributed by atoms with Crippen LogP contribution >= 0.6 is 0 Å². The van der Waals surface area contributed by atoms with E-state index in [1.54, 1.807) is 0 Å². The smallest absolute Gasteiger partial charge is 0.356 e. The molecule has 0 spiro atoms. The van der Waals surface area contributed by atoms with E-state index in [9.17, 15) is 19.9 Å². The second-order valence-electron chi connectivity index (χ2n) is 3.84. The molecule has 1 aliphatic rings. The third-order valence-electron chi connectivity index (χ3n) is 2.76. The first-order valence-electron chi connectivity index (χ1n) is 4.92. The molecule has 2 atom stereocenters. The summed E-state index contributed by atoms with van der Waals surface area (Å²) in [6, 6.07) is 7.08. The summed E-state index contributed by atoms with van der Waals surface area (Å²) in [7, 11) is 0. The molecule has 0 fully saturated rings.